The van der Waals surface area contributed by atoms with Gasteiger partial charge in [0.1, 0.15) is 0 Å². The third-order valence-electron chi connectivity index (χ3n) is 12.2. The number of hydrogen-bond acceptors (Lipinski definition) is 2. The number of rotatable bonds is 8. The highest BCUT2D eigenvalue weighted by atomic mass is 14.9. The van der Waals surface area contributed by atoms with Crippen molar-refractivity contribution in [1.82, 2.24) is 9.97 Å². The molecule has 0 amide bonds. The summed E-state index contributed by atoms with van der Waals surface area (Å²) in [4.78, 5) is 10.3. The summed E-state index contributed by atoms with van der Waals surface area (Å²) in [5.74, 6) is 0.696. The van der Waals surface area contributed by atoms with Gasteiger partial charge in [-0.05, 0) is 91.0 Å². The van der Waals surface area contributed by atoms with E-state index in [9.17, 15) is 0 Å². The van der Waals surface area contributed by atoms with Crippen molar-refractivity contribution in [3.63, 3.8) is 0 Å². The van der Waals surface area contributed by atoms with E-state index in [1.165, 1.54) is 50.1 Å². The second kappa shape index (κ2) is 15.3. The van der Waals surface area contributed by atoms with Crippen molar-refractivity contribution in [2.24, 2.45) is 0 Å². The van der Waals surface area contributed by atoms with E-state index in [-0.39, 0.29) is 0 Å². The highest BCUT2D eigenvalue weighted by molar-refractivity contribution is 5.89. The first-order valence-corrected chi connectivity index (χ1v) is 20.9. The average Bonchev–Trinajstić information content (AvgIpc) is 3.65. The molecule has 0 N–H and O–H groups in total. The van der Waals surface area contributed by atoms with Crippen LogP contribution in [0.1, 0.15) is 22.3 Å². The molecule has 1 aliphatic carbocycles. The molecule has 0 atom stereocenters. The maximum absolute atomic E-state index is 5.18. The van der Waals surface area contributed by atoms with Crippen LogP contribution in [0.3, 0.4) is 0 Å². The van der Waals surface area contributed by atoms with Gasteiger partial charge in [-0.1, -0.05) is 218 Å². The highest BCUT2D eigenvalue weighted by Gasteiger charge is 2.46. The third-order valence-corrected chi connectivity index (χ3v) is 12.2. The zero-order valence-electron chi connectivity index (χ0n) is 33.5. The number of benzene rings is 9. The standard InChI is InChI=1S/C59H40N2/c1-5-17-41(18-6-1)46-22-16-24-49(38-46)57-40-56(43-19-7-2-8-20-43)60-58(61-57)44-33-31-42(32-34-44)45-21-15-23-47(37-45)48-35-36-53-52-29-13-14-30-54(52)59(55(53)39-48,50-25-9-3-10-26-50)51-27-11-4-12-28-51/h1-40H. The van der Waals surface area contributed by atoms with Gasteiger partial charge in [0, 0.05) is 16.7 Å². The molecule has 10 aromatic rings. The van der Waals surface area contributed by atoms with Gasteiger partial charge in [-0.15, -0.1) is 0 Å². The Bertz CT molecular complexity index is 3120. The maximum atomic E-state index is 5.18. The summed E-state index contributed by atoms with van der Waals surface area (Å²) in [5, 5.41) is 0. The number of hydrogen-bond donors (Lipinski definition) is 0. The summed E-state index contributed by atoms with van der Waals surface area (Å²) in [5.41, 5.74) is 19.1. The van der Waals surface area contributed by atoms with E-state index >= 15 is 0 Å². The van der Waals surface area contributed by atoms with Crippen molar-refractivity contribution >= 4 is 0 Å². The Morgan fingerprint density at radius 1 is 0.246 bits per heavy atom. The lowest BCUT2D eigenvalue weighted by atomic mass is 9.67. The monoisotopic (exact) mass is 776 g/mol. The Balaban J connectivity index is 0.967. The van der Waals surface area contributed by atoms with Crippen LogP contribution in [0.5, 0.6) is 0 Å². The molecule has 286 valence electrons. The molecule has 0 spiro atoms. The minimum Gasteiger partial charge on any atom is -0.228 e. The summed E-state index contributed by atoms with van der Waals surface area (Å²) in [7, 11) is 0. The molecule has 2 heteroatoms. The van der Waals surface area contributed by atoms with Crippen molar-refractivity contribution in [2.75, 3.05) is 0 Å². The van der Waals surface area contributed by atoms with E-state index in [0.717, 1.165) is 44.8 Å². The van der Waals surface area contributed by atoms with Crippen LogP contribution in [-0.4, -0.2) is 9.97 Å². The number of fused-ring (bicyclic) bond motifs is 3. The normalized spacial score (nSPS) is 12.4. The van der Waals surface area contributed by atoms with Gasteiger partial charge < -0.3 is 0 Å². The van der Waals surface area contributed by atoms with Gasteiger partial charge in [0.25, 0.3) is 0 Å². The molecule has 11 rings (SSSR count). The third kappa shape index (κ3) is 6.46. The van der Waals surface area contributed by atoms with Crippen LogP contribution in [0.25, 0.3) is 78.4 Å². The smallest absolute Gasteiger partial charge is 0.160 e. The summed E-state index contributed by atoms with van der Waals surface area (Å²) in [6.07, 6.45) is 0. The maximum Gasteiger partial charge on any atom is 0.160 e. The molecule has 1 aliphatic rings. The van der Waals surface area contributed by atoms with Crippen molar-refractivity contribution in [3.05, 3.63) is 265 Å². The lowest BCUT2D eigenvalue weighted by Crippen LogP contribution is -2.28. The molecule has 0 bridgehead atoms. The van der Waals surface area contributed by atoms with E-state index in [1.54, 1.807) is 0 Å². The van der Waals surface area contributed by atoms with Crippen LogP contribution in [0.4, 0.5) is 0 Å². The molecule has 0 radical (unpaired) electrons. The first kappa shape index (κ1) is 36.2. The number of aromatic nitrogens is 2. The molecule has 0 aliphatic heterocycles. The van der Waals surface area contributed by atoms with Gasteiger partial charge in [0.15, 0.2) is 5.82 Å². The molecule has 0 fully saturated rings. The molecule has 0 unspecified atom stereocenters. The Hall–Kier alpha value is -7.94. The average molecular weight is 777 g/mol. The second-order valence-electron chi connectivity index (χ2n) is 15.7. The van der Waals surface area contributed by atoms with E-state index in [4.69, 9.17) is 9.97 Å². The van der Waals surface area contributed by atoms with Crippen LogP contribution >= 0.6 is 0 Å². The lowest BCUT2D eigenvalue weighted by molar-refractivity contribution is 0.769. The van der Waals surface area contributed by atoms with Crippen LogP contribution in [0, 0.1) is 0 Å². The molecule has 2 nitrogen and oxygen atoms in total. The van der Waals surface area contributed by atoms with Crippen molar-refractivity contribution in [2.45, 2.75) is 5.41 Å². The fourth-order valence-corrected chi connectivity index (χ4v) is 9.28. The molecule has 0 saturated carbocycles. The fraction of sp³-hybridized carbons (Fsp3) is 0.0169. The molecule has 61 heavy (non-hydrogen) atoms. The van der Waals surface area contributed by atoms with E-state index in [1.807, 2.05) is 12.1 Å². The topological polar surface area (TPSA) is 25.8 Å². The SMILES string of the molecule is c1ccc(-c2cccc(-c3cc(-c4ccccc4)nc(-c4ccc(-c5cccc(-c6ccc7c(c6)C(c6ccccc6)(c6ccccc6)c6ccccc6-7)c5)cc4)n3)c2)cc1. The van der Waals surface area contributed by atoms with Crippen molar-refractivity contribution in [3.8, 4) is 78.4 Å². The van der Waals surface area contributed by atoms with E-state index in [0.29, 0.717) is 5.82 Å². The molecular weight excluding hydrogens is 737 g/mol. The predicted octanol–water partition coefficient (Wildman–Crippen LogP) is 14.8. The first-order chi connectivity index (χ1) is 30.2. The Morgan fingerprint density at radius 2 is 0.656 bits per heavy atom. The second-order valence-corrected chi connectivity index (χ2v) is 15.7. The zero-order chi connectivity index (χ0) is 40.6. The van der Waals surface area contributed by atoms with Gasteiger partial charge in [0.2, 0.25) is 0 Å². The molecule has 9 aromatic carbocycles. The Morgan fingerprint density at radius 3 is 1.30 bits per heavy atom. The summed E-state index contributed by atoms with van der Waals surface area (Å²) in [6.45, 7) is 0. The van der Waals surface area contributed by atoms with Crippen molar-refractivity contribution in [1.29, 1.82) is 0 Å². The van der Waals surface area contributed by atoms with Crippen molar-refractivity contribution < 1.29 is 0 Å². The predicted molar refractivity (Wildman–Crippen MR) is 252 cm³/mol. The van der Waals surface area contributed by atoms with Crippen LogP contribution in [0.15, 0.2) is 243 Å². The van der Waals surface area contributed by atoms with E-state index < -0.39 is 5.41 Å². The molecular formula is C59H40N2. The molecule has 1 heterocycles. The van der Waals surface area contributed by atoms with Gasteiger partial charge in [0.05, 0.1) is 16.8 Å². The largest absolute Gasteiger partial charge is 0.228 e. The minimum atomic E-state index is -0.442. The minimum absolute atomic E-state index is 0.442. The number of nitrogens with zero attached hydrogens (tertiary/aromatic N) is 2. The summed E-state index contributed by atoms with van der Waals surface area (Å²) < 4.78 is 0. The Kier molecular flexibility index (Phi) is 9.09. The quantitative estimate of drug-likeness (QED) is 0.154. The fourth-order valence-electron chi connectivity index (χ4n) is 9.28. The van der Waals surface area contributed by atoms with Gasteiger partial charge in [-0.3, -0.25) is 0 Å². The zero-order valence-corrected chi connectivity index (χ0v) is 33.5. The van der Waals surface area contributed by atoms with Gasteiger partial charge >= 0.3 is 0 Å². The summed E-state index contributed by atoms with van der Waals surface area (Å²) >= 11 is 0. The summed E-state index contributed by atoms with van der Waals surface area (Å²) in [6, 6.07) is 87.1. The van der Waals surface area contributed by atoms with Crippen LogP contribution < -0.4 is 0 Å². The van der Waals surface area contributed by atoms with Crippen LogP contribution in [0.2, 0.25) is 0 Å². The highest BCUT2D eigenvalue weighted by Crippen LogP contribution is 2.56. The van der Waals surface area contributed by atoms with Gasteiger partial charge in [-0.25, -0.2) is 9.97 Å². The lowest BCUT2D eigenvalue weighted by Gasteiger charge is -2.34. The van der Waals surface area contributed by atoms with Gasteiger partial charge in [-0.2, -0.15) is 0 Å². The first-order valence-electron chi connectivity index (χ1n) is 20.9. The van der Waals surface area contributed by atoms with Crippen LogP contribution in [-0.2, 0) is 5.41 Å². The molecule has 0 saturated heterocycles. The molecule has 1 aromatic heterocycles. The Labute approximate surface area is 357 Å². The van der Waals surface area contributed by atoms with E-state index in [2.05, 4.69) is 231 Å².